The molecule has 2 N–H and O–H groups in total. The van der Waals surface area contributed by atoms with Crippen molar-refractivity contribution in [3.05, 3.63) is 16.3 Å². The summed E-state index contributed by atoms with van der Waals surface area (Å²) in [5, 5.41) is 6.36. The highest BCUT2D eigenvalue weighted by Gasteiger charge is 2.22. The second-order valence-corrected chi connectivity index (χ2v) is 6.78. The van der Waals surface area contributed by atoms with Crippen LogP contribution in [0.15, 0.2) is 4.79 Å². The molecule has 0 saturated heterocycles. The predicted molar refractivity (Wildman–Crippen MR) is 71.4 cm³/mol. The van der Waals surface area contributed by atoms with E-state index in [1.54, 1.807) is 4.57 Å². The Morgan fingerprint density at radius 2 is 2.26 bits per heavy atom. The zero-order chi connectivity index (χ0) is 13.9. The van der Waals surface area contributed by atoms with Crippen molar-refractivity contribution in [3.8, 4) is 0 Å². The number of unbranched alkanes of at least 4 members (excludes halogenated alkanes) is 1. The van der Waals surface area contributed by atoms with Crippen LogP contribution >= 0.6 is 0 Å². The van der Waals surface area contributed by atoms with E-state index >= 15 is 0 Å². The van der Waals surface area contributed by atoms with Crippen LogP contribution in [0.5, 0.6) is 0 Å². The van der Waals surface area contributed by atoms with Gasteiger partial charge in [0.15, 0.2) is 0 Å². The van der Waals surface area contributed by atoms with Crippen LogP contribution in [-0.2, 0) is 23.0 Å². The molecule has 19 heavy (non-hydrogen) atoms. The van der Waals surface area contributed by atoms with E-state index in [-0.39, 0.29) is 17.5 Å². The molecule has 0 bridgehead atoms. The van der Waals surface area contributed by atoms with Crippen LogP contribution < -0.4 is 10.4 Å². The monoisotopic (exact) mass is 288 g/mol. The first kappa shape index (κ1) is 14.3. The maximum absolute atomic E-state index is 11.8. The quantitative estimate of drug-likeness (QED) is 0.796. The zero-order valence-electron chi connectivity index (χ0n) is 11.1. The van der Waals surface area contributed by atoms with Crippen LogP contribution in [0.25, 0.3) is 0 Å². The Morgan fingerprint density at radius 1 is 1.47 bits per heavy atom. The topological polar surface area (TPSA) is 96.8 Å². The number of aromatic nitrogens is 3. The molecule has 0 amide bonds. The van der Waals surface area contributed by atoms with E-state index in [1.807, 2.05) is 6.92 Å². The molecule has 1 atom stereocenters. The highest BCUT2D eigenvalue weighted by atomic mass is 32.2. The Morgan fingerprint density at radius 3 is 3.00 bits per heavy atom. The summed E-state index contributed by atoms with van der Waals surface area (Å²) in [6.45, 7) is 2.47. The second-order valence-electron chi connectivity index (χ2n) is 4.91. The number of fused-ring (bicyclic) bond motifs is 1. The van der Waals surface area contributed by atoms with Gasteiger partial charge in [0.25, 0.3) is 0 Å². The maximum atomic E-state index is 11.8. The molecule has 7 nitrogen and oxygen atoms in total. The number of H-pyrrole nitrogens is 1. The van der Waals surface area contributed by atoms with Crippen LogP contribution in [0.4, 0.5) is 0 Å². The third kappa shape index (κ3) is 3.66. The van der Waals surface area contributed by atoms with Gasteiger partial charge in [-0.05, 0) is 19.3 Å². The number of hydrogen-bond donors (Lipinski definition) is 2. The molecule has 1 unspecified atom stereocenters. The van der Waals surface area contributed by atoms with Crippen molar-refractivity contribution in [1.82, 2.24) is 19.5 Å². The van der Waals surface area contributed by atoms with Gasteiger partial charge < -0.3 is 0 Å². The van der Waals surface area contributed by atoms with Crippen molar-refractivity contribution in [2.45, 2.75) is 51.6 Å². The van der Waals surface area contributed by atoms with Gasteiger partial charge in [0.1, 0.15) is 5.82 Å². The van der Waals surface area contributed by atoms with Gasteiger partial charge in [-0.15, -0.1) is 0 Å². The molecule has 2 heterocycles. The first-order valence-electron chi connectivity index (χ1n) is 6.66. The SMILES string of the molecule is CCCCS(=O)(=O)NC1CCc2n[nH]c(=O)n2CC1. The minimum absolute atomic E-state index is 0.108. The summed E-state index contributed by atoms with van der Waals surface area (Å²) in [5.41, 5.74) is -0.218. The van der Waals surface area contributed by atoms with Crippen LogP contribution in [0.3, 0.4) is 0 Å². The standard InChI is InChI=1S/C11H20N4O3S/c1-2-3-8-19(17,18)14-9-4-5-10-12-13-11(16)15(10)7-6-9/h9,14H,2-8H2,1H3,(H,13,16). The van der Waals surface area contributed by atoms with E-state index in [0.29, 0.717) is 38.1 Å². The summed E-state index contributed by atoms with van der Waals surface area (Å²) in [7, 11) is -3.21. The summed E-state index contributed by atoms with van der Waals surface area (Å²) < 4.78 is 28.0. The normalized spacial score (nSPS) is 19.9. The molecule has 2 rings (SSSR count). The van der Waals surface area contributed by atoms with E-state index in [9.17, 15) is 13.2 Å². The van der Waals surface area contributed by atoms with Gasteiger partial charge in [0, 0.05) is 19.0 Å². The number of aryl methyl sites for hydroxylation is 1. The fraction of sp³-hybridized carbons (Fsp3) is 0.818. The van der Waals surface area contributed by atoms with Gasteiger partial charge in [-0.25, -0.2) is 23.0 Å². The zero-order valence-corrected chi connectivity index (χ0v) is 11.9. The van der Waals surface area contributed by atoms with E-state index in [2.05, 4.69) is 14.9 Å². The first-order chi connectivity index (χ1) is 9.02. The fourth-order valence-electron chi connectivity index (χ4n) is 2.27. The molecule has 0 spiro atoms. The summed E-state index contributed by atoms with van der Waals surface area (Å²) in [6, 6.07) is -0.108. The molecule has 0 aromatic carbocycles. The average Bonchev–Trinajstić information content (AvgIpc) is 2.58. The van der Waals surface area contributed by atoms with Crippen LogP contribution in [0, 0.1) is 0 Å². The van der Waals surface area contributed by atoms with Gasteiger partial charge >= 0.3 is 5.69 Å². The molecule has 1 aromatic heterocycles. The molecular formula is C11H20N4O3S. The van der Waals surface area contributed by atoms with Crippen molar-refractivity contribution < 1.29 is 8.42 Å². The Kier molecular flexibility index (Phi) is 4.41. The number of nitrogens with one attached hydrogen (secondary N) is 2. The van der Waals surface area contributed by atoms with Gasteiger partial charge in [-0.1, -0.05) is 13.3 Å². The highest BCUT2D eigenvalue weighted by molar-refractivity contribution is 7.89. The lowest BCUT2D eigenvalue weighted by molar-refractivity contribution is 0.493. The molecule has 108 valence electrons. The molecule has 0 aliphatic carbocycles. The number of aromatic amines is 1. The summed E-state index contributed by atoms with van der Waals surface area (Å²) >= 11 is 0. The van der Waals surface area contributed by atoms with Crippen LogP contribution in [0.1, 0.15) is 38.4 Å². The highest BCUT2D eigenvalue weighted by Crippen LogP contribution is 2.12. The Bertz CT molecular complexity index is 575. The maximum Gasteiger partial charge on any atom is 0.343 e. The number of sulfonamides is 1. The van der Waals surface area contributed by atoms with Crippen molar-refractivity contribution in [2.75, 3.05) is 5.75 Å². The van der Waals surface area contributed by atoms with E-state index < -0.39 is 10.0 Å². The summed E-state index contributed by atoms with van der Waals surface area (Å²) in [4.78, 5) is 11.5. The minimum Gasteiger partial charge on any atom is -0.279 e. The predicted octanol–water partition coefficient (Wildman–Crippen LogP) is -0.00420. The Labute approximate surface area is 112 Å². The largest absolute Gasteiger partial charge is 0.343 e. The van der Waals surface area contributed by atoms with Gasteiger partial charge in [0.2, 0.25) is 10.0 Å². The Hall–Kier alpha value is -1.15. The van der Waals surface area contributed by atoms with Crippen molar-refractivity contribution >= 4 is 10.0 Å². The van der Waals surface area contributed by atoms with Crippen LogP contribution in [-0.4, -0.2) is 35.0 Å². The number of rotatable bonds is 5. The third-order valence-corrected chi connectivity index (χ3v) is 4.89. The molecule has 8 heteroatoms. The van der Waals surface area contributed by atoms with E-state index in [4.69, 9.17) is 0 Å². The van der Waals surface area contributed by atoms with E-state index in [1.165, 1.54) is 0 Å². The van der Waals surface area contributed by atoms with Crippen molar-refractivity contribution in [3.63, 3.8) is 0 Å². The molecule has 0 radical (unpaired) electrons. The van der Waals surface area contributed by atoms with Crippen molar-refractivity contribution in [1.29, 1.82) is 0 Å². The summed E-state index contributed by atoms with van der Waals surface area (Å²) in [6.07, 6.45) is 3.44. The number of hydrogen-bond acceptors (Lipinski definition) is 4. The van der Waals surface area contributed by atoms with Gasteiger partial charge in [0.05, 0.1) is 5.75 Å². The molecular weight excluding hydrogens is 268 g/mol. The van der Waals surface area contributed by atoms with Gasteiger partial charge in [-0.3, -0.25) is 4.57 Å². The fourth-order valence-corrected chi connectivity index (χ4v) is 3.80. The van der Waals surface area contributed by atoms with Gasteiger partial charge in [-0.2, -0.15) is 5.10 Å². The first-order valence-corrected chi connectivity index (χ1v) is 8.31. The number of nitrogens with zero attached hydrogens (tertiary/aromatic N) is 2. The molecule has 1 aromatic rings. The Balaban J connectivity index is 1.97. The van der Waals surface area contributed by atoms with Crippen molar-refractivity contribution in [2.24, 2.45) is 0 Å². The molecule has 1 aliphatic heterocycles. The third-order valence-electron chi connectivity index (χ3n) is 3.37. The van der Waals surface area contributed by atoms with E-state index in [0.717, 1.165) is 6.42 Å². The minimum atomic E-state index is -3.21. The van der Waals surface area contributed by atoms with Crippen LogP contribution in [0.2, 0.25) is 0 Å². The molecule has 1 aliphatic rings. The second kappa shape index (κ2) is 5.87. The molecule has 0 fully saturated rings. The molecule has 0 saturated carbocycles. The summed E-state index contributed by atoms with van der Waals surface area (Å²) in [5.74, 6) is 0.880. The smallest absolute Gasteiger partial charge is 0.279 e. The lowest BCUT2D eigenvalue weighted by Gasteiger charge is -2.15. The average molecular weight is 288 g/mol. The lowest BCUT2D eigenvalue weighted by atomic mass is 10.1. The lowest BCUT2D eigenvalue weighted by Crippen LogP contribution is -2.37.